The highest BCUT2D eigenvalue weighted by Gasteiger charge is 2.11. The van der Waals surface area contributed by atoms with E-state index >= 15 is 0 Å². The largest absolute Gasteiger partial charge is 0.484 e. The normalized spacial score (nSPS) is 12.0. The summed E-state index contributed by atoms with van der Waals surface area (Å²) in [7, 11) is 0. The predicted molar refractivity (Wildman–Crippen MR) is 123 cm³/mol. The van der Waals surface area contributed by atoms with Crippen molar-refractivity contribution >= 4 is 22.7 Å². The summed E-state index contributed by atoms with van der Waals surface area (Å²) < 4.78 is 11.5. The van der Waals surface area contributed by atoms with Gasteiger partial charge in [-0.15, -0.1) is 0 Å². The number of fused-ring (bicyclic) bond motifs is 1. The minimum absolute atomic E-state index is 0.0604. The summed E-state index contributed by atoms with van der Waals surface area (Å²) in [6.45, 7) is 6.32. The van der Waals surface area contributed by atoms with E-state index in [0.29, 0.717) is 23.2 Å². The van der Waals surface area contributed by atoms with Crippen LogP contribution < -0.4 is 10.1 Å². The van der Waals surface area contributed by atoms with Gasteiger partial charge in [0.05, 0.1) is 0 Å². The lowest BCUT2D eigenvalue weighted by Gasteiger charge is -2.11. The van der Waals surface area contributed by atoms with Gasteiger partial charge in [0.15, 0.2) is 12.2 Å². The van der Waals surface area contributed by atoms with Crippen molar-refractivity contribution in [2.45, 2.75) is 33.1 Å². The highest BCUT2D eigenvalue weighted by atomic mass is 16.5. The van der Waals surface area contributed by atoms with Crippen LogP contribution in [0.15, 0.2) is 71.1 Å². The zero-order chi connectivity index (χ0) is 21.8. The molecule has 0 bridgehead atoms. The molecule has 0 unspecified atom stereocenters. The van der Waals surface area contributed by atoms with Crippen LogP contribution in [-0.4, -0.2) is 17.5 Å². The Morgan fingerprint density at radius 1 is 1.10 bits per heavy atom. The van der Waals surface area contributed by atoms with E-state index in [-0.39, 0.29) is 12.5 Å². The molecule has 4 rings (SSSR count). The Morgan fingerprint density at radius 2 is 1.90 bits per heavy atom. The highest BCUT2D eigenvalue weighted by Crippen LogP contribution is 2.27. The average molecular weight is 415 g/mol. The third kappa shape index (κ3) is 4.94. The molecule has 1 amide bonds. The number of hydrogen-bond acceptors (Lipinski definition) is 4. The molecule has 0 aliphatic heterocycles. The zero-order valence-electron chi connectivity index (χ0n) is 18.0. The third-order valence-electron chi connectivity index (χ3n) is 5.37. The first kappa shape index (κ1) is 20.7. The number of ether oxygens (including phenoxy) is 1. The van der Waals surface area contributed by atoms with Gasteiger partial charge in [-0.25, -0.2) is 4.98 Å². The van der Waals surface area contributed by atoms with Gasteiger partial charge < -0.3 is 14.5 Å². The van der Waals surface area contributed by atoms with Gasteiger partial charge in [-0.3, -0.25) is 4.79 Å². The first-order valence-electron chi connectivity index (χ1n) is 10.5. The lowest BCUT2D eigenvalue weighted by molar-refractivity contribution is -0.118. The molecule has 5 nitrogen and oxygen atoms in total. The van der Waals surface area contributed by atoms with Gasteiger partial charge in [-0.1, -0.05) is 38.1 Å². The van der Waals surface area contributed by atoms with Crippen molar-refractivity contribution in [3.05, 3.63) is 77.9 Å². The van der Waals surface area contributed by atoms with Crippen molar-refractivity contribution < 1.29 is 13.9 Å². The number of hydrogen-bond donors (Lipinski definition) is 1. The van der Waals surface area contributed by atoms with Crippen molar-refractivity contribution in [1.82, 2.24) is 4.98 Å². The van der Waals surface area contributed by atoms with Gasteiger partial charge in [0.1, 0.15) is 11.3 Å². The number of aromatic nitrogens is 1. The number of benzene rings is 3. The van der Waals surface area contributed by atoms with Crippen molar-refractivity contribution in [3.63, 3.8) is 0 Å². The van der Waals surface area contributed by atoms with Gasteiger partial charge in [-0.05, 0) is 72.9 Å². The maximum absolute atomic E-state index is 12.4. The van der Waals surface area contributed by atoms with Crippen LogP contribution in [0.3, 0.4) is 0 Å². The molecule has 0 aliphatic carbocycles. The second-order valence-electron chi connectivity index (χ2n) is 7.79. The smallest absolute Gasteiger partial charge is 0.262 e. The molecule has 0 aliphatic rings. The molecule has 5 heteroatoms. The highest BCUT2D eigenvalue weighted by molar-refractivity contribution is 5.92. The lowest BCUT2D eigenvalue weighted by atomic mass is 9.99. The maximum Gasteiger partial charge on any atom is 0.262 e. The molecule has 4 aromatic rings. The second kappa shape index (κ2) is 9.04. The SMILES string of the molecule is CC[C@@H](C)c1ccc(OCC(=O)Nc2cccc(-c3nc4cc(C)ccc4o3)c2)cc1. The molecule has 158 valence electrons. The molecule has 1 heterocycles. The van der Waals surface area contributed by atoms with Crippen LogP contribution in [0.25, 0.3) is 22.6 Å². The van der Waals surface area contributed by atoms with Crippen LogP contribution in [0.2, 0.25) is 0 Å². The molecule has 1 aromatic heterocycles. The summed E-state index contributed by atoms with van der Waals surface area (Å²) in [4.78, 5) is 16.9. The number of nitrogens with zero attached hydrogens (tertiary/aromatic N) is 1. The van der Waals surface area contributed by atoms with E-state index in [0.717, 1.165) is 28.6 Å². The number of aryl methyl sites for hydroxylation is 1. The van der Waals surface area contributed by atoms with Crippen LogP contribution in [0.4, 0.5) is 5.69 Å². The van der Waals surface area contributed by atoms with E-state index in [2.05, 4.69) is 24.1 Å². The Labute approximate surface area is 182 Å². The number of anilines is 1. The van der Waals surface area contributed by atoms with Gasteiger partial charge in [0, 0.05) is 11.3 Å². The molecule has 0 saturated carbocycles. The second-order valence-corrected chi connectivity index (χ2v) is 7.79. The van der Waals surface area contributed by atoms with E-state index in [4.69, 9.17) is 9.15 Å². The molecule has 0 fully saturated rings. The summed E-state index contributed by atoms with van der Waals surface area (Å²) in [5, 5.41) is 2.87. The summed E-state index contributed by atoms with van der Waals surface area (Å²) in [6, 6.07) is 21.2. The fraction of sp³-hybridized carbons (Fsp3) is 0.231. The predicted octanol–water partition coefficient (Wildman–Crippen LogP) is 6.33. The van der Waals surface area contributed by atoms with Gasteiger partial charge >= 0.3 is 0 Å². The number of nitrogens with one attached hydrogen (secondary N) is 1. The fourth-order valence-corrected chi connectivity index (χ4v) is 3.37. The molecule has 31 heavy (non-hydrogen) atoms. The fourth-order valence-electron chi connectivity index (χ4n) is 3.37. The number of carbonyl (C=O) groups is 1. The van der Waals surface area contributed by atoms with Gasteiger partial charge in [0.2, 0.25) is 5.89 Å². The monoisotopic (exact) mass is 414 g/mol. The summed E-state index contributed by atoms with van der Waals surface area (Å²) in [5.41, 5.74) is 5.41. The molecule has 1 N–H and O–H groups in total. The standard InChI is InChI=1S/C26H26N2O3/c1-4-18(3)19-9-11-22(12-10-19)30-16-25(29)27-21-7-5-6-20(15-21)26-28-23-14-17(2)8-13-24(23)31-26/h5-15,18H,4,16H2,1-3H3,(H,27,29)/t18-/m1/s1. The third-order valence-corrected chi connectivity index (χ3v) is 5.37. The van der Waals surface area contributed by atoms with Crippen LogP contribution in [-0.2, 0) is 4.79 Å². The first-order valence-corrected chi connectivity index (χ1v) is 10.5. The van der Waals surface area contributed by atoms with Crippen LogP contribution in [0.5, 0.6) is 5.75 Å². The van der Waals surface area contributed by atoms with E-state index in [9.17, 15) is 4.79 Å². The molecular formula is C26H26N2O3. The van der Waals surface area contributed by atoms with Gasteiger partial charge in [-0.2, -0.15) is 0 Å². The minimum atomic E-state index is -0.226. The maximum atomic E-state index is 12.4. The number of amides is 1. The van der Waals surface area contributed by atoms with Crippen molar-refractivity contribution in [2.24, 2.45) is 0 Å². The molecule has 1 atom stereocenters. The topological polar surface area (TPSA) is 64.4 Å². The molecule has 0 radical (unpaired) electrons. The van der Waals surface area contributed by atoms with Crippen LogP contribution >= 0.6 is 0 Å². The quantitative estimate of drug-likeness (QED) is 0.383. The van der Waals surface area contributed by atoms with Crippen molar-refractivity contribution in [3.8, 4) is 17.2 Å². The summed E-state index contributed by atoms with van der Waals surface area (Å²) in [5.74, 6) is 1.48. The Hall–Kier alpha value is -3.60. The molecule has 0 spiro atoms. The van der Waals surface area contributed by atoms with E-state index in [1.165, 1.54) is 5.56 Å². The van der Waals surface area contributed by atoms with Crippen molar-refractivity contribution in [1.29, 1.82) is 0 Å². The molecule has 0 saturated heterocycles. The minimum Gasteiger partial charge on any atom is -0.484 e. The Morgan fingerprint density at radius 3 is 2.68 bits per heavy atom. The Kier molecular flexibility index (Phi) is 6.03. The van der Waals surface area contributed by atoms with E-state index in [1.807, 2.05) is 73.7 Å². The van der Waals surface area contributed by atoms with E-state index in [1.54, 1.807) is 0 Å². The summed E-state index contributed by atoms with van der Waals surface area (Å²) >= 11 is 0. The Balaban J connectivity index is 1.39. The molecule has 3 aromatic carbocycles. The molecular weight excluding hydrogens is 388 g/mol. The number of oxazole rings is 1. The summed E-state index contributed by atoms with van der Waals surface area (Å²) in [6.07, 6.45) is 1.09. The zero-order valence-corrected chi connectivity index (χ0v) is 18.0. The Bertz CT molecular complexity index is 1190. The average Bonchev–Trinajstić information content (AvgIpc) is 3.21. The van der Waals surface area contributed by atoms with Gasteiger partial charge in [0.25, 0.3) is 5.91 Å². The lowest BCUT2D eigenvalue weighted by Crippen LogP contribution is -2.20. The van der Waals surface area contributed by atoms with Crippen LogP contribution in [0.1, 0.15) is 37.3 Å². The van der Waals surface area contributed by atoms with Crippen LogP contribution in [0, 0.1) is 6.92 Å². The van der Waals surface area contributed by atoms with Crippen molar-refractivity contribution in [2.75, 3.05) is 11.9 Å². The first-order chi connectivity index (χ1) is 15.0. The van der Waals surface area contributed by atoms with E-state index < -0.39 is 0 Å². The number of rotatable bonds is 7. The number of carbonyl (C=O) groups excluding carboxylic acids is 1.